The molecule has 1 aliphatic heterocycles. The number of hydrogen-bond acceptors (Lipinski definition) is 4. The summed E-state index contributed by atoms with van der Waals surface area (Å²) in [6.07, 6.45) is 6.24. The fraction of sp³-hybridized carbons (Fsp3) is 0.545. The minimum Gasteiger partial charge on any atom is -0.387 e. The van der Waals surface area contributed by atoms with Crippen molar-refractivity contribution < 1.29 is 0 Å². The zero-order chi connectivity index (χ0) is 10.5. The van der Waals surface area contributed by atoms with Crippen LogP contribution in [0.15, 0.2) is 18.5 Å². The molecule has 2 N–H and O–H groups in total. The van der Waals surface area contributed by atoms with Crippen LogP contribution >= 0.6 is 11.8 Å². The molecule has 1 aromatic rings. The van der Waals surface area contributed by atoms with Crippen molar-refractivity contribution in [2.24, 2.45) is 0 Å². The Bertz CT molecular complexity index is 310. The van der Waals surface area contributed by atoms with Crippen molar-refractivity contribution >= 4 is 23.1 Å². The molecule has 1 fully saturated rings. The highest BCUT2D eigenvalue weighted by Crippen LogP contribution is 2.21. The van der Waals surface area contributed by atoms with Gasteiger partial charge in [-0.15, -0.1) is 0 Å². The predicted octanol–water partition coefficient (Wildman–Crippen LogP) is 2.43. The van der Waals surface area contributed by atoms with Crippen molar-refractivity contribution in [3.8, 4) is 0 Å². The molecule has 1 aliphatic rings. The van der Waals surface area contributed by atoms with Gasteiger partial charge in [-0.2, -0.15) is 11.8 Å². The average molecular weight is 223 g/mol. The van der Waals surface area contributed by atoms with Crippen LogP contribution in [-0.2, 0) is 0 Å². The molecule has 0 radical (unpaired) electrons. The molecule has 1 saturated heterocycles. The van der Waals surface area contributed by atoms with Crippen molar-refractivity contribution in [3.63, 3.8) is 0 Å². The Balaban J connectivity index is 1.96. The minimum absolute atomic E-state index is 0.625. The first-order chi connectivity index (χ1) is 7.38. The van der Waals surface area contributed by atoms with Gasteiger partial charge in [-0.3, -0.25) is 4.98 Å². The third kappa shape index (κ3) is 3.02. The monoisotopic (exact) mass is 223 g/mol. The fourth-order valence-corrected chi connectivity index (χ4v) is 2.84. The van der Waals surface area contributed by atoms with Gasteiger partial charge in [0, 0.05) is 13.1 Å². The molecule has 1 aromatic heterocycles. The summed E-state index contributed by atoms with van der Waals surface area (Å²) in [4.78, 5) is 4.19. The van der Waals surface area contributed by atoms with E-state index in [0.717, 1.165) is 11.4 Å². The lowest BCUT2D eigenvalue weighted by Crippen LogP contribution is -2.24. The highest BCUT2D eigenvalue weighted by atomic mass is 32.2. The van der Waals surface area contributed by atoms with Crippen LogP contribution in [0.25, 0.3) is 0 Å². The largest absolute Gasteiger partial charge is 0.387 e. The molecule has 0 bridgehead atoms. The second-order valence-electron chi connectivity index (χ2n) is 3.74. The summed E-state index contributed by atoms with van der Waals surface area (Å²) in [6.45, 7) is 0. The summed E-state index contributed by atoms with van der Waals surface area (Å²) in [7, 11) is 1.91. The van der Waals surface area contributed by atoms with Gasteiger partial charge in [0.15, 0.2) is 0 Å². The lowest BCUT2D eigenvalue weighted by atomic mass is 10.1. The number of rotatable bonds is 3. The van der Waals surface area contributed by atoms with Crippen molar-refractivity contribution in [2.75, 3.05) is 29.2 Å². The lowest BCUT2D eigenvalue weighted by molar-refractivity contribution is 0.666. The van der Waals surface area contributed by atoms with E-state index < -0.39 is 0 Å². The number of anilines is 2. The maximum atomic E-state index is 4.19. The Morgan fingerprint density at radius 1 is 1.27 bits per heavy atom. The van der Waals surface area contributed by atoms with Gasteiger partial charge in [-0.25, -0.2) is 0 Å². The summed E-state index contributed by atoms with van der Waals surface area (Å²) in [6, 6.07) is 2.73. The first-order valence-corrected chi connectivity index (χ1v) is 6.51. The van der Waals surface area contributed by atoms with Gasteiger partial charge in [-0.1, -0.05) is 0 Å². The summed E-state index contributed by atoms with van der Waals surface area (Å²) >= 11 is 2.05. The highest BCUT2D eigenvalue weighted by Gasteiger charge is 2.13. The van der Waals surface area contributed by atoms with Crippen molar-refractivity contribution in [1.29, 1.82) is 0 Å². The Morgan fingerprint density at radius 2 is 2.00 bits per heavy atom. The molecule has 0 saturated carbocycles. The van der Waals surface area contributed by atoms with Crippen molar-refractivity contribution in [1.82, 2.24) is 4.98 Å². The summed E-state index contributed by atoms with van der Waals surface area (Å²) < 4.78 is 0. The zero-order valence-corrected chi connectivity index (χ0v) is 9.81. The number of nitrogens with one attached hydrogen (secondary N) is 2. The molecular formula is C11H17N3S. The molecule has 0 atom stereocenters. The molecule has 15 heavy (non-hydrogen) atoms. The smallest absolute Gasteiger partial charge is 0.0549 e. The van der Waals surface area contributed by atoms with E-state index in [4.69, 9.17) is 0 Å². The predicted molar refractivity (Wildman–Crippen MR) is 67.8 cm³/mol. The molecular weight excluding hydrogens is 206 g/mol. The summed E-state index contributed by atoms with van der Waals surface area (Å²) in [5.74, 6) is 2.55. The van der Waals surface area contributed by atoms with Crippen molar-refractivity contribution in [2.45, 2.75) is 18.9 Å². The van der Waals surface area contributed by atoms with Crippen LogP contribution < -0.4 is 10.6 Å². The van der Waals surface area contributed by atoms with Gasteiger partial charge >= 0.3 is 0 Å². The lowest BCUT2D eigenvalue weighted by Gasteiger charge is -2.23. The molecule has 0 unspecified atom stereocenters. The summed E-state index contributed by atoms with van der Waals surface area (Å²) in [5, 5.41) is 6.64. The molecule has 0 aliphatic carbocycles. The van der Waals surface area contributed by atoms with Gasteiger partial charge in [-0.05, 0) is 30.4 Å². The highest BCUT2D eigenvalue weighted by molar-refractivity contribution is 7.99. The molecule has 4 heteroatoms. The van der Waals surface area contributed by atoms with Gasteiger partial charge in [0.05, 0.1) is 23.8 Å². The van der Waals surface area contributed by atoms with Crippen LogP contribution in [0.3, 0.4) is 0 Å². The number of thioether (sulfide) groups is 1. The maximum Gasteiger partial charge on any atom is 0.0549 e. The van der Waals surface area contributed by atoms with E-state index in [-0.39, 0.29) is 0 Å². The Morgan fingerprint density at radius 3 is 2.73 bits per heavy atom. The minimum atomic E-state index is 0.625. The SMILES string of the molecule is CNc1cncc(NC2CCSCC2)c1. The first kappa shape index (κ1) is 10.6. The Labute approximate surface area is 95.1 Å². The van der Waals surface area contributed by atoms with E-state index in [1.807, 2.05) is 31.2 Å². The molecule has 82 valence electrons. The third-order valence-corrected chi connectivity index (χ3v) is 3.67. The van der Waals surface area contributed by atoms with Crippen LogP contribution in [0.4, 0.5) is 11.4 Å². The Hall–Kier alpha value is -0.900. The van der Waals surface area contributed by atoms with Crippen LogP contribution in [0.5, 0.6) is 0 Å². The number of pyridine rings is 1. The third-order valence-electron chi connectivity index (χ3n) is 2.62. The van der Waals surface area contributed by atoms with Crippen LogP contribution in [0, 0.1) is 0 Å². The quantitative estimate of drug-likeness (QED) is 0.825. The van der Waals surface area contributed by atoms with Crippen LogP contribution in [0.1, 0.15) is 12.8 Å². The van der Waals surface area contributed by atoms with E-state index in [1.54, 1.807) is 0 Å². The first-order valence-electron chi connectivity index (χ1n) is 5.35. The standard InChI is InChI=1S/C11H17N3S/c1-12-10-6-11(8-13-7-10)14-9-2-4-15-5-3-9/h6-9,12,14H,2-5H2,1H3. The van der Waals surface area contributed by atoms with Gasteiger partial charge in [0.1, 0.15) is 0 Å². The molecule has 2 heterocycles. The second-order valence-corrected chi connectivity index (χ2v) is 4.97. The molecule has 0 aromatic carbocycles. The van der Waals surface area contributed by atoms with E-state index >= 15 is 0 Å². The van der Waals surface area contributed by atoms with Gasteiger partial charge in [0.25, 0.3) is 0 Å². The molecule has 0 spiro atoms. The van der Waals surface area contributed by atoms with E-state index in [1.165, 1.54) is 24.3 Å². The van der Waals surface area contributed by atoms with Gasteiger partial charge < -0.3 is 10.6 Å². The number of aromatic nitrogens is 1. The molecule has 0 amide bonds. The molecule has 2 rings (SSSR count). The summed E-state index contributed by atoms with van der Waals surface area (Å²) in [5.41, 5.74) is 2.18. The van der Waals surface area contributed by atoms with E-state index in [9.17, 15) is 0 Å². The topological polar surface area (TPSA) is 37.0 Å². The molecule has 3 nitrogen and oxygen atoms in total. The normalized spacial score (nSPS) is 17.4. The number of hydrogen-bond donors (Lipinski definition) is 2. The van der Waals surface area contributed by atoms with E-state index in [2.05, 4.69) is 21.7 Å². The van der Waals surface area contributed by atoms with Crippen LogP contribution in [-0.4, -0.2) is 29.6 Å². The van der Waals surface area contributed by atoms with Gasteiger partial charge in [0.2, 0.25) is 0 Å². The van der Waals surface area contributed by atoms with Crippen molar-refractivity contribution in [3.05, 3.63) is 18.5 Å². The Kier molecular flexibility index (Phi) is 3.72. The van der Waals surface area contributed by atoms with Crippen LogP contribution in [0.2, 0.25) is 0 Å². The number of nitrogens with zero attached hydrogens (tertiary/aromatic N) is 1. The zero-order valence-electron chi connectivity index (χ0n) is 8.99. The average Bonchev–Trinajstić information content (AvgIpc) is 2.31. The van der Waals surface area contributed by atoms with E-state index in [0.29, 0.717) is 6.04 Å². The fourth-order valence-electron chi connectivity index (χ4n) is 1.73. The maximum absolute atomic E-state index is 4.19. The second kappa shape index (κ2) is 5.26.